The predicted octanol–water partition coefficient (Wildman–Crippen LogP) is 0.119. The van der Waals surface area contributed by atoms with Crippen molar-refractivity contribution in [2.24, 2.45) is 29.6 Å². The van der Waals surface area contributed by atoms with Crippen LogP contribution in [0.25, 0.3) is 0 Å². The third kappa shape index (κ3) is 2.17. The number of hydrogen-bond donors (Lipinski definition) is 2. The average molecular weight is 424 g/mol. The summed E-state index contributed by atoms with van der Waals surface area (Å²) < 4.78 is 5.01. The molecule has 3 fully saturated rings. The number of nitrogens with one attached hydrogen (secondary N) is 1. The Hall–Kier alpha value is -2.14. The van der Waals surface area contributed by atoms with Crippen LogP contribution < -0.4 is 4.87 Å². The molecule has 2 amide bonds. The molecule has 148 valence electrons. The van der Waals surface area contributed by atoms with Crippen molar-refractivity contribution in [2.75, 3.05) is 13.7 Å². The number of aliphatic carboxylic acids is 1. The minimum Gasteiger partial charge on any atom is -0.480 e. The molecule has 2 aliphatic heterocycles. The fourth-order valence-electron chi connectivity index (χ4n) is 5.76. The van der Waals surface area contributed by atoms with E-state index in [-0.39, 0.29) is 27.9 Å². The monoisotopic (exact) mass is 424 g/mol. The maximum absolute atomic E-state index is 12.9. The number of thioether (sulfide) groups is 1. The van der Waals surface area contributed by atoms with Gasteiger partial charge in [-0.25, -0.2) is 0 Å². The van der Waals surface area contributed by atoms with Crippen LogP contribution in [0, 0.1) is 29.6 Å². The fraction of sp³-hybridized carbons (Fsp3) is 0.588. The Kier molecular flexibility index (Phi) is 3.80. The number of rotatable bonds is 3. The number of fused-ring (bicyclic) bond motifs is 9. The van der Waals surface area contributed by atoms with E-state index in [9.17, 15) is 24.0 Å². The molecule has 4 aliphatic rings. The maximum atomic E-state index is 12.9. The summed E-state index contributed by atoms with van der Waals surface area (Å²) >= 11 is 2.44. The molecule has 2 aliphatic carbocycles. The number of carboxylic acids is 1. The van der Waals surface area contributed by atoms with Crippen molar-refractivity contribution in [1.29, 1.82) is 0 Å². The third-order valence-electron chi connectivity index (χ3n) is 6.56. The van der Waals surface area contributed by atoms with E-state index in [1.165, 1.54) is 18.9 Å². The van der Waals surface area contributed by atoms with E-state index in [4.69, 9.17) is 9.84 Å². The number of ether oxygens (including phenoxy) is 1. The minimum absolute atomic E-state index is 0.102. The van der Waals surface area contributed by atoms with E-state index in [0.717, 1.165) is 16.2 Å². The lowest BCUT2D eigenvalue weighted by Gasteiger charge is -2.41. The molecule has 1 aromatic rings. The second kappa shape index (κ2) is 5.93. The standard InChI is InChI=1S/C17H16N2O7S2/c1-26-16(24)10-7-4-2-5(11(7)27-13-12(10)28-17(25)18-13)9-8(4)14(22)19(15(9)23)3-6(20)21/h4-5,7-11H,2-3H2,1H3,(H,18,25)(H,20,21)/t4-,5+,7+,8+,9+,10+,11-/m1/s1. The van der Waals surface area contributed by atoms with Crippen LogP contribution in [0.2, 0.25) is 0 Å². The lowest BCUT2D eigenvalue weighted by atomic mass is 9.69. The molecule has 1 aromatic heterocycles. The summed E-state index contributed by atoms with van der Waals surface area (Å²) in [7, 11) is 1.29. The maximum Gasteiger partial charge on any atom is 0.323 e. The Morgan fingerprint density at radius 2 is 1.89 bits per heavy atom. The summed E-state index contributed by atoms with van der Waals surface area (Å²) in [5.41, 5.74) is 0. The fourth-order valence-corrected chi connectivity index (χ4v) is 8.61. The number of imide groups is 1. The highest BCUT2D eigenvalue weighted by Crippen LogP contribution is 2.67. The molecule has 9 nitrogen and oxygen atoms in total. The Labute approximate surface area is 166 Å². The number of hydrogen-bond acceptors (Lipinski definition) is 8. The molecule has 2 saturated carbocycles. The summed E-state index contributed by atoms with van der Waals surface area (Å²) in [4.78, 5) is 65.2. The first-order chi connectivity index (χ1) is 13.3. The van der Waals surface area contributed by atoms with Gasteiger partial charge in [0.25, 0.3) is 0 Å². The van der Waals surface area contributed by atoms with Gasteiger partial charge in [0.15, 0.2) is 0 Å². The summed E-state index contributed by atoms with van der Waals surface area (Å²) in [6.07, 6.45) is 0.642. The molecule has 0 unspecified atom stereocenters. The van der Waals surface area contributed by atoms with Crippen LogP contribution in [-0.2, 0) is 23.9 Å². The number of aromatic nitrogens is 1. The summed E-state index contributed by atoms with van der Waals surface area (Å²) in [6.45, 7) is -0.631. The summed E-state index contributed by atoms with van der Waals surface area (Å²) in [6, 6.07) is 0. The van der Waals surface area contributed by atoms with Crippen LogP contribution in [0.15, 0.2) is 9.82 Å². The quantitative estimate of drug-likeness (QED) is 0.516. The van der Waals surface area contributed by atoms with E-state index in [0.29, 0.717) is 16.3 Å². The lowest BCUT2D eigenvalue weighted by molar-refractivity contribution is -0.150. The van der Waals surface area contributed by atoms with Crippen molar-refractivity contribution in [3.05, 3.63) is 14.5 Å². The van der Waals surface area contributed by atoms with Gasteiger partial charge in [-0.2, -0.15) is 0 Å². The number of esters is 1. The van der Waals surface area contributed by atoms with Crippen molar-refractivity contribution >= 4 is 46.9 Å². The van der Waals surface area contributed by atoms with Gasteiger partial charge < -0.3 is 14.8 Å². The Bertz CT molecular complexity index is 984. The number of nitrogens with zero attached hydrogens (tertiary/aromatic N) is 1. The highest BCUT2D eigenvalue weighted by atomic mass is 32.2. The Morgan fingerprint density at radius 1 is 1.21 bits per heavy atom. The molecule has 5 rings (SSSR count). The van der Waals surface area contributed by atoms with Gasteiger partial charge in [0.2, 0.25) is 11.8 Å². The molecule has 1 saturated heterocycles. The van der Waals surface area contributed by atoms with Gasteiger partial charge in [0.05, 0.1) is 34.8 Å². The first-order valence-electron chi connectivity index (χ1n) is 8.88. The molecule has 0 spiro atoms. The van der Waals surface area contributed by atoms with Gasteiger partial charge in [-0.1, -0.05) is 11.3 Å². The molecule has 0 radical (unpaired) electrons. The van der Waals surface area contributed by atoms with Crippen LogP contribution in [0.3, 0.4) is 0 Å². The van der Waals surface area contributed by atoms with E-state index < -0.39 is 48.1 Å². The molecule has 2 N–H and O–H groups in total. The largest absolute Gasteiger partial charge is 0.480 e. The zero-order valence-electron chi connectivity index (χ0n) is 14.6. The van der Waals surface area contributed by atoms with Crippen LogP contribution in [0.5, 0.6) is 0 Å². The first kappa shape index (κ1) is 17.9. The molecular weight excluding hydrogens is 408 g/mol. The third-order valence-corrected chi connectivity index (χ3v) is 9.15. The molecule has 7 atom stereocenters. The molecule has 2 bridgehead atoms. The number of amides is 2. The van der Waals surface area contributed by atoms with Crippen LogP contribution in [0.4, 0.5) is 0 Å². The first-order valence-corrected chi connectivity index (χ1v) is 10.6. The highest BCUT2D eigenvalue weighted by molar-refractivity contribution is 8.00. The zero-order chi connectivity index (χ0) is 19.9. The predicted molar refractivity (Wildman–Crippen MR) is 95.8 cm³/mol. The number of H-pyrrole nitrogens is 1. The second-order valence-corrected chi connectivity index (χ2v) is 9.84. The average Bonchev–Trinajstić information content (AvgIpc) is 3.36. The van der Waals surface area contributed by atoms with Crippen LogP contribution >= 0.6 is 23.1 Å². The van der Waals surface area contributed by atoms with Gasteiger partial charge in [-0.3, -0.25) is 28.9 Å². The summed E-state index contributed by atoms with van der Waals surface area (Å²) in [5, 5.41) is 9.58. The Balaban J connectivity index is 1.57. The number of carboxylic acid groups (broad SMARTS) is 1. The van der Waals surface area contributed by atoms with E-state index in [2.05, 4.69) is 4.98 Å². The van der Waals surface area contributed by atoms with Crippen molar-refractivity contribution in [3.63, 3.8) is 0 Å². The Morgan fingerprint density at radius 3 is 2.54 bits per heavy atom. The normalized spacial score (nSPS) is 37.6. The topological polar surface area (TPSA) is 134 Å². The number of likely N-dealkylation sites (tertiary alicyclic amines) is 1. The molecule has 3 heterocycles. The van der Waals surface area contributed by atoms with Gasteiger partial charge in [0, 0.05) is 5.25 Å². The van der Waals surface area contributed by atoms with Gasteiger partial charge in [0.1, 0.15) is 6.54 Å². The number of methoxy groups -OCH3 is 1. The SMILES string of the molecule is COC(=O)[C@@H]1c2sc(=O)[nH]c2S[C@@H]2[C@H]3C[C@@H]([C@@H]4C(=O)N(CC(=O)O)C(=O)[C@@H]34)[C@H]21. The molecule has 28 heavy (non-hydrogen) atoms. The highest BCUT2D eigenvalue weighted by Gasteiger charge is 2.70. The van der Waals surface area contributed by atoms with Gasteiger partial charge in [-0.05, 0) is 24.2 Å². The second-order valence-electron chi connectivity index (χ2n) is 7.64. The number of aromatic amines is 1. The van der Waals surface area contributed by atoms with Gasteiger partial charge >= 0.3 is 16.8 Å². The number of thiazole rings is 1. The van der Waals surface area contributed by atoms with Crippen molar-refractivity contribution in [3.8, 4) is 0 Å². The van der Waals surface area contributed by atoms with Crippen LogP contribution in [-0.4, -0.2) is 57.6 Å². The minimum atomic E-state index is -1.23. The van der Waals surface area contributed by atoms with Crippen LogP contribution in [0.1, 0.15) is 17.2 Å². The van der Waals surface area contributed by atoms with Crippen molar-refractivity contribution < 1.29 is 29.0 Å². The van der Waals surface area contributed by atoms with E-state index in [1.807, 2.05) is 0 Å². The zero-order valence-corrected chi connectivity index (χ0v) is 16.2. The van der Waals surface area contributed by atoms with E-state index >= 15 is 0 Å². The lowest BCUT2D eigenvalue weighted by Crippen LogP contribution is -2.44. The number of carbonyl (C=O) groups excluding carboxylic acids is 3. The summed E-state index contributed by atoms with van der Waals surface area (Å²) in [5.74, 6) is -4.91. The van der Waals surface area contributed by atoms with Crippen molar-refractivity contribution in [1.82, 2.24) is 9.88 Å². The van der Waals surface area contributed by atoms with E-state index in [1.54, 1.807) is 0 Å². The number of carbonyl (C=O) groups is 4. The molecular formula is C17H16N2O7S2. The molecule has 11 heteroatoms. The van der Waals surface area contributed by atoms with Gasteiger partial charge in [-0.15, -0.1) is 11.8 Å². The van der Waals surface area contributed by atoms with Crippen molar-refractivity contribution in [2.45, 2.75) is 22.6 Å². The smallest absolute Gasteiger partial charge is 0.323 e. The molecule has 0 aromatic carbocycles.